The lowest BCUT2D eigenvalue weighted by Crippen LogP contribution is -2.05. The number of carboxylic acids is 1. The molecule has 0 aliphatic carbocycles. The Hall–Kier alpha value is -2.37. The van der Waals surface area contributed by atoms with Crippen molar-refractivity contribution >= 4 is 11.8 Å². The molecule has 2 aromatic heterocycles. The van der Waals surface area contributed by atoms with E-state index in [9.17, 15) is 4.79 Å². The Bertz CT molecular complexity index is 519. The lowest BCUT2D eigenvalue weighted by Gasteiger charge is -2.02. The molecule has 0 saturated heterocycles. The minimum atomic E-state index is -1.09. The second-order valence-electron chi connectivity index (χ2n) is 3.47. The highest BCUT2D eigenvalue weighted by Crippen LogP contribution is 2.09. The van der Waals surface area contributed by atoms with Crippen molar-refractivity contribution in [2.75, 3.05) is 5.32 Å². The van der Waals surface area contributed by atoms with E-state index in [0.29, 0.717) is 12.4 Å². The van der Waals surface area contributed by atoms with Gasteiger partial charge in [-0.2, -0.15) is 0 Å². The molecule has 6 heteroatoms. The number of anilines is 1. The summed E-state index contributed by atoms with van der Waals surface area (Å²) in [5.41, 5.74) is -0.0793. The average molecular weight is 233 g/mol. The van der Waals surface area contributed by atoms with Gasteiger partial charge in [-0.3, -0.25) is 0 Å². The van der Waals surface area contributed by atoms with E-state index in [0.717, 1.165) is 11.5 Å². The van der Waals surface area contributed by atoms with Crippen LogP contribution < -0.4 is 5.32 Å². The number of aromatic carboxylic acids is 1. The van der Waals surface area contributed by atoms with Crippen molar-refractivity contribution in [3.05, 3.63) is 41.5 Å². The first-order valence-electron chi connectivity index (χ1n) is 5.01. The summed E-state index contributed by atoms with van der Waals surface area (Å²) in [6, 6.07) is 6.69. The Labute approximate surface area is 97.3 Å². The first-order valence-corrected chi connectivity index (χ1v) is 5.01. The van der Waals surface area contributed by atoms with E-state index in [1.807, 2.05) is 19.1 Å². The number of carbonyl (C=O) groups is 1. The van der Waals surface area contributed by atoms with Crippen molar-refractivity contribution < 1.29 is 14.3 Å². The van der Waals surface area contributed by atoms with Gasteiger partial charge in [0.15, 0.2) is 5.69 Å². The smallest absolute Gasteiger partial charge is 0.356 e. The molecule has 0 fully saturated rings. The molecule has 0 aliphatic rings. The van der Waals surface area contributed by atoms with Crippen LogP contribution >= 0.6 is 0 Å². The predicted molar refractivity (Wildman–Crippen MR) is 59.8 cm³/mol. The standard InChI is InChI=1S/C11H11N3O3/c1-7-2-3-8(17-7)6-12-10-5-4-9(11(15)16)13-14-10/h2-5H,6H2,1H3,(H,12,14)(H,15,16). The van der Waals surface area contributed by atoms with Gasteiger partial charge in [0.25, 0.3) is 0 Å². The largest absolute Gasteiger partial charge is 0.476 e. The maximum atomic E-state index is 10.6. The number of hydrogen-bond donors (Lipinski definition) is 2. The second-order valence-corrected chi connectivity index (χ2v) is 3.47. The SMILES string of the molecule is Cc1ccc(CNc2ccc(C(=O)O)nn2)o1. The normalized spacial score (nSPS) is 10.2. The zero-order valence-corrected chi connectivity index (χ0v) is 9.17. The lowest BCUT2D eigenvalue weighted by molar-refractivity contribution is 0.0689. The molecule has 0 saturated carbocycles. The molecule has 17 heavy (non-hydrogen) atoms. The first kappa shape index (κ1) is 11.1. The van der Waals surface area contributed by atoms with Crippen molar-refractivity contribution in [1.82, 2.24) is 10.2 Å². The quantitative estimate of drug-likeness (QED) is 0.835. The molecule has 0 aromatic carbocycles. The minimum absolute atomic E-state index is 0.0793. The van der Waals surface area contributed by atoms with Crippen LogP contribution in [0.5, 0.6) is 0 Å². The zero-order valence-electron chi connectivity index (χ0n) is 9.17. The molecule has 0 amide bonds. The molecule has 0 aliphatic heterocycles. The number of hydrogen-bond acceptors (Lipinski definition) is 5. The van der Waals surface area contributed by atoms with Crippen LogP contribution in [0.2, 0.25) is 0 Å². The van der Waals surface area contributed by atoms with Crippen molar-refractivity contribution in [2.45, 2.75) is 13.5 Å². The fraction of sp³-hybridized carbons (Fsp3) is 0.182. The van der Waals surface area contributed by atoms with E-state index in [2.05, 4.69) is 15.5 Å². The summed E-state index contributed by atoms with van der Waals surface area (Å²) in [6.45, 7) is 2.35. The fourth-order valence-corrected chi connectivity index (χ4v) is 1.30. The number of rotatable bonds is 4. The molecule has 0 unspecified atom stereocenters. The highest BCUT2D eigenvalue weighted by molar-refractivity contribution is 5.85. The van der Waals surface area contributed by atoms with Crippen molar-refractivity contribution in [2.24, 2.45) is 0 Å². The van der Waals surface area contributed by atoms with Gasteiger partial charge in [-0.25, -0.2) is 4.79 Å². The van der Waals surface area contributed by atoms with E-state index in [1.54, 1.807) is 6.07 Å². The van der Waals surface area contributed by atoms with E-state index in [4.69, 9.17) is 9.52 Å². The third kappa shape index (κ3) is 2.81. The van der Waals surface area contributed by atoms with Gasteiger partial charge in [0.2, 0.25) is 0 Å². The van der Waals surface area contributed by atoms with E-state index < -0.39 is 5.97 Å². The minimum Gasteiger partial charge on any atom is -0.476 e. The van der Waals surface area contributed by atoms with Crippen LogP contribution in [0.1, 0.15) is 22.0 Å². The molecular formula is C11H11N3O3. The summed E-state index contributed by atoms with van der Waals surface area (Å²) in [7, 11) is 0. The molecule has 88 valence electrons. The number of carboxylic acid groups (broad SMARTS) is 1. The van der Waals surface area contributed by atoms with Gasteiger partial charge in [-0.05, 0) is 31.2 Å². The van der Waals surface area contributed by atoms with Crippen molar-refractivity contribution in [3.8, 4) is 0 Å². The van der Waals surface area contributed by atoms with E-state index in [1.165, 1.54) is 6.07 Å². The Balaban J connectivity index is 1.97. The van der Waals surface area contributed by atoms with Crippen LogP contribution in [0.15, 0.2) is 28.7 Å². The zero-order chi connectivity index (χ0) is 12.3. The van der Waals surface area contributed by atoms with Gasteiger partial charge in [0, 0.05) is 0 Å². The molecule has 2 heterocycles. The molecule has 0 radical (unpaired) electrons. The number of aromatic nitrogens is 2. The van der Waals surface area contributed by atoms with Crippen LogP contribution in [0, 0.1) is 6.92 Å². The van der Waals surface area contributed by atoms with Crippen LogP contribution in [-0.2, 0) is 6.54 Å². The van der Waals surface area contributed by atoms with Gasteiger partial charge in [-0.1, -0.05) is 0 Å². The third-order valence-corrected chi connectivity index (χ3v) is 2.12. The summed E-state index contributed by atoms with van der Waals surface area (Å²) < 4.78 is 5.36. The highest BCUT2D eigenvalue weighted by atomic mass is 16.4. The van der Waals surface area contributed by atoms with Gasteiger partial charge in [-0.15, -0.1) is 10.2 Å². The Kier molecular flexibility index (Phi) is 3.04. The monoisotopic (exact) mass is 233 g/mol. The van der Waals surface area contributed by atoms with E-state index in [-0.39, 0.29) is 5.69 Å². The first-order chi connectivity index (χ1) is 8.15. The molecule has 2 aromatic rings. The number of nitrogens with one attached hydrogen (secondary N) is 1. The Morgan fingerprint density at radius 1 is 1.35 bits per heavy atom. The molecule has 0 atom stereocenters. The highest BCUT2D eigenvalue weighted by Gasteiger charge is 2.05. The van der Waals surface area contributed by atoms with Crippen molar-refractivity contribution in [3.63, 3.8) is 0 Å². The van der Waals surface area contributed by atoms with Gasteiger partial charge in [0.05, 0.1) is 6.54 Å². The fourth-order valence-electron chi connectivity index (χ4n) is 1.30. The summed E-state index contributed by atoms with van der Waals surface area (Å²) in [6.07, 6.45) is 0. The van der Waals surface area contributed by atoms with Crippen LogP contribution in [0.4, 0.5) is 5.82 Å². The van der Waals surface area contributed by atoms with Crippen LogP contribution in [-0.4, -0.2) is 21.3 Å². The van der Waals surface area contributed by atoms with Gasteiger partial charge >= 0.3 is 5.97 Å². The predicted octanol–water partition coefficient (Wildman–Crippen LogP) is 1.69. The lowest BCUT2D eigenvalue weighted by atomic mass is 10.4. The molecule has 0 bridgehead atoms. The maximum absolute atomic E-state index is 10.6. The topological polar surface area (TPSA) is 88.2 Å². The Morgan fingerprint density at radius 3 is 2.71 bits per heavy atom. The number of nitrogens with zero attached hydrogens (tertiary/aromatic N) is 2. The molecule has 0 spiro atoms. The molecule has 6 nitrogen and oxygen atoms in total. The summed E-state index contributed by atoms with van der Waals surface area (Å²) >= 11 is 0. The van der Waals surface area contributed by atoms with Crippen molar-refractivity contribution in [1.29, 1.82) is 0 Å². The Morgan fingerprint density at radius 2 is 2.18 bits per heavy atom. The summed E-state index contributed by atoms with van der Waals surface area (Å²) in [5, 5.41) is 18.9. The molecule has 2 N–H and O–H groups in total. The average Bonchev–Trinajstić information content (AvgIpc) is 2.73. The molecular weight excluding hydrogens is 222 g/mol. The second kappa shape index (κ2) is 4.65. The van der Waals surface area contributed by atoms with Gasteiger partial charge < -0.3 is 14.8 Å². The van der Waals surface area contributed by atoms with E-state index >= 15 is 0 Å². The number of aryl methyl sites for hydroxylation is 1. The van der Waals surface area contributed by atoms with Gasteiger partial charge in [0.1, 0.15) is 17.3 Å². The van der Waals surface area contributed by atoms with Crippen LogP contribution in [0.25, 0.3) is 0 Å². The maximum Gasteiger partial charge on any atom is 0.356 e. The molecule has 2 rings (SSSR count). The third-order valence-electron chi connectivity index (χ3n) is 2.12. The van der Waals surface area contributed by atoms with Crippen LogP contribution in [0.3, 0.4) is 0 Å². The summed E-state index contributed by atoms with van der Waals surface area (Å²) in [4.78, 5) is 10.6. The summed E-state index contributed by atoms with van der Waals surface area (Å²) in [5.74, 6) is 1.04. The number of furan rings is 1.